The van der Waals surface area contributed by atoms with E-state index in [1.165, 1.54) is 128 Å². The molecule has 424 valence electrons. The van der Waals surface area contributed by atoms with Crippen LogP contribution in [-0.2, 0) is 28.6 Å². The van der Waals surface area contributed by atoms with Gasteiger partial charge < -0.3 is 14.2 Å². The molecule has 74 heavy (non-hydrogen) atoms. The molecule has 0 aliphatic carbocycles. The SMILES string of the molecule is CC/C=C\C/C=C\C/C=C\C/C=C\C/C=C\C/C=C\C/C=C\CCCCCCCC(=O)OCC(COC(=O)CCCCCCC/C=C\CCCCC)OC(=O)CCCCCCCCCCCCCCCCCCC. The van der Waals surface area contributed by atoms with Gasteiger partial charge in [-0.15, -0.1) is 0 Å². The van der Waals surface area contributed by atoms with Crippen molar-refractivity contribution in [3.05, 3.63) is 97.2 Å². The van der Waals surface area contributed by atoms with E-state index in [1.807, 2.05) is 0 Å². The molecule has 0 saturated carbocycles. The van der Waals surface area contributed by atoms with Crippen molar-refractivity contribution in [2.45, 2.75) is 303 Å². The first-order chi connectivity index (χ1) is 36.5. The van der Waals surface area contributed by atoms with Crippen LogP contribution in [0.15, 0.2) is 97.2 Å². The summed E-state index contributed by atoms with van der Waals surface area (Å²) in [5, 5.41) is 0. The lowest BCUT2D eigenvalue weighted by molar-refractivity contribution is -0.167. The molecule has 1 atom stereocenters. The lowest BCUT2D eigenvalue weighted by Crippen LogP contribution is -2.30. The summed E-state index contributed by atoms with van der Waals surface area (Å²) >= 11 is 0. The third kappa shape index (κ3) is 59.2. The predicted molar refractivity (Wildman–Crippen MR) is 320 cm³/mol. The van der Waals surface area contributed by atoms with Crippen LogP contribution in [-0.4, -0.2) is 37.2 Å². The first-order valence-electron chi connectivity index (χ1n) is 31.2. The second-order valence-corrected chi connectivity index (χ2v) is 20.6. The van der Waals surface area contributed by atoms with E-state index in [4.69, 9.17) is 14.2 Å². The van der Waals surface area contributed by atoms with E-state index < -0.39 is 6.10 Å². The number of ether oxygens (including phenoxy) is 3. The van der Waals surface area contributed by atoms with Crippen LogP contribution in [0, 0.1) is 0 Å². The summed E-state index contributed by atoms with van der Waals surface area (Å²) < 4.78 is 16.9. The fraction of sp³-hybridized carbons (Fsp3) is 0.721. The van der Waals surface area contributed by atoms with Gasteiger partial charge in [0.15, 0.2) is 6.10 Å². The molecular formula is C68H116O6. The third-order valence-corrected chi connectivity index (χ3v) is 13.3. The van der Waals surface area contributed by atoms with Crippen molar-refractivity contribution in [3.63, 3.8) is 0 Å². The second-order valence-electron chi connectivity index (χ2n) is 20.6. The van der Waals surface area contributed by atoms with E-state index in [0.29, 0.717) is 19.3 Å². The van der Waals surface area contributed by atoms with Gasteiger partial charge in [-0.05, 0) is 103 Å². The Kier molecular flexibility index (Phi) is 58.8. The van der Waals surface area contributed by atoms with Gasteiger partial charge in [-0.3, -0.25) is 14.4 Å². The minimum absolute atomic E-state index is 0.0860. The molecule has 0 saturated heterocycles. The van der Waals surface area contributed by atoms with Crippen molar-refractivity contribution in [2.75, 3.05) is 13.2 Å². The summed E-state index contributed by atoms with van der Waals surface area (Å²) in [7, 11) is 0. The van der Waals surface area contributed by atoms with Gasteiger partial charge in [0.2, 0.25) is 0 Å². The standard InChI is InChI=1S/C68H116O6/c1-4-7-10-13-16-19-22-25-27-29-30-31-32-33-34-35-36-37-38-40-41-43-46-49-52-55-58-61-67(70)73-64-65(63-72-66(69)60-57-54-51-48-45-24-21-18-15-12-9-6-3)74-68(71)62-59-56-53-50-47-44-42-39-28-26-23-20-17-14-11-8-5-2/h7,10,16,18-19,21,25,27,30-31,33-34,36-37,40-41,65H,4-6,8-9,11-15,17,20,22-24,26,28-29,32,35,38-39,42-64H2,1-3H3/b10-7-,19-16-,21-18-,27-25-,31-30-,34-33-,37-36-,41-40-. The number of allylic oxidation sites excluding steroid dienone is 16. The molecule has 0 N–H and O–H groups in total. The highest BCUT2D eigenvalue weighted by molar-refractivity contribution is 5.71. The van der Waals surface area contributed by atoms with Gasteiger partial charge in [-0.25, -0.2) is 0 Å². The molecule has 0 bridgehead atoms. The number of rotatable bonds is 56. The zero-order valence-corrected chi connectivity index (χ0v) is 48.6. The molecule has 0 aromatic carbocycles. The normalized spacial score (nSPS) is 12.7. The number of carbonyl (C=O) groups is 3. The highest BCUT2D eigenvalue weighted by Crippen LogP contribution is 2.16. The molecular weight excluding hydrogens is 913 g/mol. The fourth-order valence-electron chi connectivity index (χ4n) is 8.65. The minimum atomic E-state index is -0.788. The molecule has 0 radical (unpaired) electrons. The van der Waals surface area contributed by atoms with Crippen LogP contribution in [0.2, 0.25) is 0 Å². The molecule has 0 aromatic heterocycles. The van der Waals surface area contributed by atoms with Crippen molar-refractivity contribution in [1.82, 2.24) is 0 Å². The number of hydrogen-bond donors (Lipinski definition) is 0. The van der Waals surface area contributed by atoms with E-state index >= 15 is 0 Å². The minimum Gasteiger partial charge on any atom is -0.462 e. The topological polar surface area (TPSA) is 78.9 Å². The van der Waals surface area contributed by atoms with Gasteiger partial charge in [0.1, 0.15) is 13.2 Å². The molecule has 0 aromatic rings. The summed E-state index contributed by atoms with van der Waals surface area (Å²) in [6, 6.07) is 0. The Labute approximate surface area is 457 Å². The van der Waals surface area contributed by atoms with Crippen LogP contribution in [0.4, 0.5) is 0 Å². The van der Waals surface area contributed by atoms with Gasteiger partial charge in [0.25, 0.3) is 0 Å². The van der Waals surface area contributed by atoms with Crippen LogP contribution in [0.25, 0.3) is 0 Å². The molecule has 0 heterocycles. The molecule has 1 unspecified atom stereocenters. The lowest BCUT2D eigenvalue weighted by Gasteiger charge is -2.18. The van der Waals surface area contributed by atoms with Crippen molar-refractivity contribution in [1.29, 1.82) is 0 Å². The van der Waals surface area contributed by atoms with Gasteiger partial charge in [-0.1, -0.05) is 272 Å². The Bertz CT molecular complexity index is 1460. The Hall–Kier alpha value is -3.67. The summed E-state index contributed by atoms with van der Waals surface area (Å²) in [4.78, 5) is 38.2. The summed E-state index contributed by atoms with van der Waals surface area (Å²) in [6.45, 7) is 6.50. The Morgan fingerprint density at radius 2 is 0.527 bits per heavy atom. The summed E-state index contributed by atoms with van der Waals surface area (Å²) in [6.07, 6.45) is 82.6. The maximum atomic E-state index is 12.9. The molecule has 0 fully saturated rings. The molecule has 6 heteroatoms. The fourth-order valence-corrected chi connectivity index (χ4v) is 8.65. The molecule has 0 amide bonds. The van der Waals surface area contributed by atoms with Gasteiger partial charge in [-0.2, -0.15) is 0 Å². The summed E-state index contributed by atoms with van der Waals surface area (Å²) in [5.41, 5.74) is 0. The third-order valence-electron chi connectivity index (χ3n) is 13.3. The van der Waals surface area contributed by atoms with Crippen LogP contribution >= 0.6 is 0 Å². The highest BCUT2D eigenvalue weighted by atomic mass is 16.6. The van der Waals surface area contributed by atoms with Crippen LogP contribution in [0.1, 0.15) is 297 Å². The Morgan fingerprint density at radius 3 is 0.865 bits per heavy atom. The first-order valence-corrected chi connectivity index (χ1v) is 31.2. The zero-order valence-electron chi connectivity index (χ0n) is 48.6. The largest absolute Gasteiger partial charge is 0.462 e. The average molecular weight is 1030 g/mol. The lowest BCUT2D eigenvalue weighted by atomic mass is 10.0. The zero-order chi connectivity index (χ0) is 53.6. The van der Waals surface area contributed by atoms with Gasteiger partial charge in [0.05, 0.1) is 0 Å². The van der Waals surface area contributed by atoms with Crippen LogP contribution in [0.3, 0.4) is 0 Å². The number of carbonyl (C=O) groups excluding carboxylic acids is 3. The monoisotopic (exact) mass is 1030 g/mol. The summed E-state index contributed by atoms with van der Waals surface area (Å²) in [5.74, 6) is -0.904. The molecule has 0 aliphatic heterocycles. The van der Waals surface area contributed by atoms with E-state index in [9.17, 15) is 14.4 Å². The van der Waals surface area contributed by atoms with Gasteiger partial charge >= 0.3 is 17.9 Å². The quantitative estimate of drug-likeness (QED) is 0.0261. The molecule has 0 rings (SSSR count). The van der Waals surface area contributed by atoms with Crippen LogP contribution in [0.5, 0.6) is 0 Å². The van der Waals surface area contributed by atoms with E-state index in [-0.39, 0.29) is 31.1 Å². The first kappa shape index (κ1) is 70.3. The number of unbranched alkanes of at least 4 members (excludes halogenated alkanes) is 29. The van der Waals surface area contributed by atoms with E-state index in [0.717, 1.165) is 128 Å². The van der Waals surface area contributed by atoms with Crippen molar-refractivity contribution in [2.24, 2.45) is 0 Å². The van der Waals surface area contributed by atoms with Crippen molar-refractivity contribution in [3.8, 4) is 0 Å². The van der Waals surface area contributed by atoms with E-state index in [2.05, 4.69) is 118 Å². The number of hydrogen-bond acceptors (Lipinski definition) is 6. The van der Waals surface area contributed by atoms with Crippen molar-refractivity contribution >= 4 is 17.9 Å². The highest BCUT2D eigenvalue weighted by Gasteiger charge is 2.19. The molecule has 0 spiro atoms. The Balaban J connectivity index is 4.35. The average Bonchev–Trinajstić information content (AvgIpc) is 3.40. The number of esters is 3. The predicted octanol–water partition coefficient (Wildman–Crippen LogP) is 21.3. The van der Waals surface area contributed by atoms with Crippen LogP contribution < -0.4 is 0 Å². The smallest absolute Gasteiger partial charge is 0.306 e. The Morgan fingerprint density at radius 1 is 0.284 bits per heavy atom. The maximum Gasteiger partial charge on any atom is 0.306 e. The van der Waals surface area contributed by atoms with E-state index in [1.54, 1.807) is 0 Å². The molecule has 6 nitrogen and oxygen atoms in total. The van der Waals surface area contributed by atoms with Gasteiger partial charge in [0, 0.05) is 19.3 Å². The second kappa shape index (κ2) is 61.9. The molecule has 0 aliphatic rings. The maximum absolute atomic E-state index is 12.9. The van der Waals surface area contributed by atoms with Crippen molar-refractivity contribution < 1.29 is 28.6 Å².